The van der Waals surface area contributed by atoms with Gasteiger partial charge >= 0.3 is 11.9 Å². The van der Waals surface area contributed by atoms with Gasteiger partial charge in [-0.1, -0.05) is 29.3 Å². The first-order valence-electron chi connectivity index (χ1n) is 12.3. The Kier molecular flexibility index (Phi) is 8.87. The number of hydrogen-bond acceptors (Lipinski definition) is 8. The van der Waals surface area contributed by atoms with E-state index in [-0.39, 0.29) is 33.6 Å². The van der Waals surface area contributed by atoms with Gasteiger partial charge in [0.05, 0.1) is 21.2 Å². The van der Waals surface area contributed by atoms with E-state index in [1.807, 2.05) is 6.07 Å². The lowest BCUT2D eigenvalue weighted by atomic mass is 9.76. The first-order chi connectivity index (χ1) is 17.8. The fourth-order valence-corrected chi connectivity index (χ4v) is 5.41. The average Bonchev–Trinajstić information content (AvgIpc) is 2.85. The number of nitriles is 1. The number of aliphatic hydroxyl groups excluding tert-OH is 1. The smallest absolute Gasteiger partial charge is 0.360 e. The average molecular weight is 547 g/mol. The van der Waals surface area contributed by atoms with Crippen LogP contribution in [-0.2, 0) is 22.5 Å². The maximum Gasteiger partial charge on any atom is 0.360 e. The molecule has 0 bridgehead atoms. The van der Waals surface area contributed by atoms with Crippen molar-refractivity contribution in [3.63, 3.8) is 0 Å². The molecule has 1 atom stereocenters. The molecule has 1 fully saturated rings. The number of halogens is 2. The van der Waals surface area contributed by atoms with Crippen LogP contribution in [-0.4, -0.2) is 57.4 Å². The number of rotatable bonds is 10. The van der Waals surface area contributed by atoms with E-state index in [0.29, 0.717) is 18.8 Å². The minimum absolute atomic E-state index is 0.0125. The highest BCUT2D eigenvalue weighted by Gasteiger charge is 2.42. The van der Waals surface area contributed by atoms with Crippen LogP contribution in [0.3, 0.4) is 0 Å². The van der Waals surface area contributed by atoms with Gasteiger partial charge in [-0.25, -0.2) is 9.78 Å². The molecule has 0 saturated heterocycles. The summed E-state index contributed by atoms with van der Waals surface area (Å²) in [5.41, 5.74) is 2.08. The summed E-state index contributed by atoms with van der Waals surface area (Å²) in [4.78, 5) is 35.3. The number of aliphatic hydroxyl groups is 1. The predicted octanol–water partition coefficient (Wildman–Crippen LogP) is 4.24. The number of hydroxylamine groups is 2. The number of carboxylic acid groups (broad SMARTS) is 1. The molecule has 2 aromatic rings. The molecule has 196 valence electrons. The summed E-state index contributed by atoms with van der Waals surface area (Å²) in [7, 11) is 0. The molecule has 1 aromatic heterocycles. The summed E-state index contributed by atoms with van der Waals surface area (Å²) in [6.45, 7) is 0.531. The van der Waals surface area contributed by atoms with Crippen molar-refractivity contribution < 1.29 is 24.6 Å². The van der Waals surface area contributed by atoms with Gasteiger partial charge in [0.25, 0.3) is 0 Å². The van der Waals surface area contributed by atoms with Crippen molar-refractivity contribution in [2.75, 3.05) is 18.5 Å². The first kappa shape index (κ1) is 27.1. The summed E-state index contributed by atoms with van der Waals surface area (Å²) in [6, 6.07) is 7.21. The molecular formula is C26H28Cl2N4O5. The number of aromatic nitrogens is 1. The fourth-order valence-electron chi connectivity index (χ4n) is 4.85. The van der Waals surface area contributed by atoms with Crippen LogP contribution in [0.4, 0.5) is 5.82 Å². The van der Waals surface area contributed by atoms with Gasteiger partial charge in [-0.15, -0.1) is 5.06 Å². The molecule has 0 amide bonds. The van der Waals surface area contributed by atoms with Crippen molar-refractivity contribution in [1.82, 2.24) is 10.0 Å². The first-order valence-corrected chi connectivity index (χ1v) is 13.0. The summed E-state index contributed by atoms with van der Waals surface area (Å²) >= 11 is 12.4. The Morgan fingerprint density at radius 1 is 1.27 bits per heavy atom. The number of fused-ring (bicyclic) bond motifs is 1. The Labute approximate surface area is 224 Å². The predicted molar refractivity (Wildman–Crippen MR) is 137 cm³/mol. The topological polar surface area (TPSA) is 136 Å². The number of carbonyl (C=O) groups excluding carboxylic acids is 1. The van der Waals surface area contributed by atoms with E-state index in [2.05, 4.69) is 17.4 Å². The van der Waals surface area contributed by atoms with E-state index < -0.39 is 24.6 Å². The zero-order valence-electron chi connectivity index (χ0n) is 20.1. The molecule has 0 radical (unpaired) electrons. The van der Waals surface area contributed by atoms with E-state index in [1.165, 1.54) is 17.7 Å². The third-order valence-electron chi connectivity index (χ3n) is 6.93. The third-order valence-corrected chi connectivity index (χ3v) is 7.64. The number of benzene rings is 1. The molecule has 1 aliphatic carbocycles. The van der Waals surface area contributed by atoms with E-state index in [1.54, 1.807) is 0 Å². The van der Waals surface area contributed by atoms with Crippen molar-refractivity contribution in [1.29, 1.82) is 5.26 Å². The van der Waals surface area contributed by atoms with Gasteiger partial charge in [-0.05, 0) is 74.6 Å². The molecule has 1 aliphatic heterocycles. The van der Waals surface area contributed by atoms with Crippen LogP contribution in [0.1, 0.15) is 59.3 Å². The van der Waals surface area contributed by atoms with Crippen molar-refractivity contribution in [3.05, 3.63) is 56.7 Å². The molecule has 37 heavy (non-hydrogen) atoms. The van der Waals surface area contributed by atoms with Gasteiger partial charge in [0.15, 0.2) is 0 Å². The second-order valence-corrected chi connectivity index (χ2v) is 10.2. The van der Waals surface area contributed by atoms with Gasteiger partial charge in [-0.2, -0.15) is 5.26 Å². The Hall–Kier alpha value is -2.90. The number of carbonyl (C=O) groups is 2. The standard InChI is InChI=1S/C26H28Cl2N4O5/c27-20-8-5-17(14-29)23(28)22(20)26(36)37-32(21(9-11-33)25(34)35)19-12-15(13-19)3-6-18-7-4-16-2-1-10-30-24(16)31-18/h4-5,7-8,15,19,21,33H,1-3,6,9-13H2,(H,30,31)(H,34,35)/t15?,19?,21-/m0/s1. The van der Waals surface area contributed by atoms with Crippen LogP contribution < -0.4 is 5.32 Å². The van der Waals surface area contributed by atoms with Crippen molar-refractivity contribution in [2.24, 2.45) is 5.92 Å². The molecule has 1 saturated carbocycles. The zero-order valence-corrected chi connectivity index (χ0v) is 21.6. The number of aryl methyl sites for hydroxylation is 2. The highest BCUT2D eigenvalue weighted by Crippen LogP contribution is 2.38. The lowest BCUT2D eigenvalue weighted by Gasteiger charge is -2.43. The van der Waals surface area contributed by atoms with Crippen molar-refractivity contribution in [3.8, 4) is 6.07 Å². The number of carboxylic acids is 1. The minimum atomic E-state index is -1.25. The zero-order chi connectivity index (χ0) is 26.5. The summed E-state index contributed by atoms with van der Waals surface area (Å²) in [5, 5.41) is 32.8. The van der Waals surface area contributed by atoms with Crippen LogP contribution >= 0.6 is 23.2 Å². The minimum Gasteiger partial charge on any atom is -0.480 e. The van der Waals surface area contributed by atoms with Gasteiger partial charge in [0.1, 0.15) is 17.9 Å². The maximum absolute atomic E-state index is 13.0. The van der Waals surface area contributed by atoms with Crippen LogP contribution in [0.25, 0.3) is 0 Å². The molecule has 11 heteroatoms. The fraction of sp³-hybridized carbons (Fsp3) is 0.462. The molecule has 0 unspecified atom stereocenters. The Morgan fingerprint density at radius 2 is 2.05 bits per heavy atom. The van der Waals surface area contributed by atoms with Gasteiger partial charge < -0.3 is 20.4 Å². The number of nitrogens with one attached hydrogen (secondary N) is 1. The van der Waals surface area contributed by atoms with Crippen LogP contribution in [0, 0.1) is 17.2 Å². The second kappa shape index (κ2) is 12.1. The van der Waals surface area contributed by atoms with E-state index in [0.717, 1.165) is 48.8 Å². The normalized spacial score (nSPS) is 19.2. The van der Waals surface area contributed by atoms with Crippen LogP contribution in [0.5, 0.6) is 0 Å². The highest BCUT2D eigenvalue weighted by molar-refractivity contribution is 6.40. The van der Waals surface area contributed by atoms with Gasteiger partial charge in [0.2, 0.25) is 0 Å². The quantitative estimate of drug-likeness (QED) is 0.373. The van der Waals surface area contributed by atoms with E-state index in [4.69, 9.17) is 33.0 Å². The molecule has 0 spiro atoms. The van der Waals surface area contributed by atoms with Crippen molar-refractivity contribution >= 4 is 41.0 Å². The Balaban J connectivity index is 1.43. The number of nitrogens with zero attached hydrogens (tertiary/aromatic N) is 3. The maximum atomic E-state index is 13.0. The molecular weight excluding hydrogens is 519 g/mol. The summed E-state index contributed by atoms with van der Waals surface area (Å²) in [6.07, 6.45) is 4.89. The SMILES string of the molecule is N#Cc1ccc(Cl)c(C(=O)ON(C2CC(CCc3ccc4c(n3)NCCC4)C2)[C@@H](CCO)C(=O)O)c1Cl. The third kappa shape index (κ3) is 6.16. The monoisotopic (exact) mass is 546 g/mol. The molecule has 2 heterocycles. The van der Waals surface area contributed by atoms with Gasteiger partial charge in [0, 0.05) is 24.9 Å². The second-order valence-electron chi connectivity index (χ2n) is 9.37. The highest BCUT2D eigenvalue weighted by atomic mass is 35.5. The van der Waals surface area contributed by atoms with Crippen LogP contribution in [0.15, 0.2) is 24.3 Å². The van der Waals surface area contributed by atoms with Gasteiger partial charge in [-0.3, -0.25) is 4.79 Å². The van der Waals surface area contributed by atoms with Crippen molar-refractivity contribution in [2.45, 2.75) is 57.0 Å². The summed E-state index contributed by atoms with van der Waals surface area (Å²) < 4.78 is 0. The van der Waals surface area contributed by atoms with E-state index >= 15 is 0 Å². The molecule has 9 nitrogen and oxygen atoms in total. The largest absolute Gasteiger partial charge is 0.480 e. The van der Waals surface area contributed by atoms with E-state index in [9.17, 15) is 25.1 Å². The lowest BCUT2D eigenvalue weighted by molar-refractivity contribution is -0.204. The number of pyridine rings is 1. The lowest BCUT2D eigenvalue weighted by Crippen LogP contribution is -2.53. The molecule has 3 N–H and O–H groups in total. The molecule has 1 aromatic carbocycles. The molecule has 2 aliphatic rings. The van der Waals surface area contributed by atoms with Crippen LogP contribution in [0.2, 0.25) is 10.0 Å². The Bertz CT molecular complexity index is 1210. The number of anilines is 1. The Morgan fingerprint density at radius 3 is 2.76 bits per heavy atom. The number of aliphatic carboxylic acids is 1. The number of hydrogen-bond donors (Lipinski definition) is 3. The summed E-state index contributed by atoms with van der Waals surface area (Å²) in [5.74, 6) is -0.918. The molecule has 4 rings (SSSR count).